The summed E-state index contributed by atoms with van der Waals surface area (Å²) in [5.74, 6) is -0.921. The number of benzene rings is 2. The molecule has 2 aromatic carbocycles. The lowest BCUT2D eigenvalue weighted by Crippen LogP contribution is -2.36. The van der Waals surface area contributed by atoms with Crippen LogP contribution in [0.2, 0.25) is 0 Å². The lowest BCUT2D eigenvalue weighted by Gasteiger charge is -2.33. The topological polar surface area (TPSA) is 115 Å². The number of aliphatic carboxylic acids is 1. The van der Waals surface area contributed by atoms with E-state index in [9.17, 15) is 19.5 Å². The summed E-state index contributed by atoms with van der Waals surface area (Å²) in [6.07, 6.45) is 1.43. The number of carboxylic acids is 1. The highest BCUT2D eigenvalue weighted by molar-refractivity contribution is 5.92. The quantitative estimate of drug-likeness (QED) is 0.551. The minimum absolute atomic E-state index is 0.324. The Hall–Kier alpha value is -3.81. The van der Waals surface area contributed by atoms with Crippen molar-refractivity contribution in [3.8, 4) is 11.5 Å². The summed E-state index contributed by atoms with van der Waals surface area (Å²) >= 11 is 0. The predicted octanol–water partition coefficient (Wildman–Crippen LogP) is 3.53. The van der Waals surface area contributed by atoms with Crippen molar-refractivity contribution in [1.29, 1.82) is 0 Å². The number of fused-ring (bicyclic) bond motifs is 3. The van der Waals surface area contributed by atoms with Crippen LogP contribution in [0, 0.1) is 6.92 Å². The zero-order valence-electron chi connectivity index (χ0n) is 18.6. The molecule has 0 unspecified atom stereocenters. The van der Waals surface area contributed by atoms with Crippen LogP contribution < -0.4 is 20.4 Å². The maximum Gasteiger partial charge on any atom is 0.336 e. The second-order valence-electron chi connectivity index (χ2n) is 8.70. The van der Waals surface area contributed by atoms with Crippen molar-refractivity contribution in [3.05, 3.63) is 69.6 Å². The molecule has 3 aromatic rings. The van der Waals surface area contributed by atoms with Gasteiger partial charge in [-0.25, -0.2) is 9.59 Å². The van der Waals surface area contributed by atoms with Gasteiger partial charge >= 0.3 is 11.6 Å². The summed E-state index contributed by atoms with van der Waals surface area (Å²) in [4.78, 5) is 36.3. The normalized spacial score (nSPS) is 15.2. The van der Waals surface area contributed by atoms with Gasteiger partial charge in [-0.2, -0.15) is 0 Å². The van der Waals surface area contributed by atoms with E-state index in [1.54, 1.807) is 43.3 Å². The molecule has 0 fully saturated rings. The van der Waals surface area contributed by atoms with Gasteiger partial charge in [-0.15, -0.1) is 0 Å². The molecule has 0 saturated heterocycles. The lowest BCUT2D eigenvalue weighted by molar-refractivity contribution is -0.142. The molecule has 0 aliphatic carbocycles. The predicted molar refractivity (Wildman–Crippen MR) is 121 cm³/mol. The molecular weight excluding hydrogens is 426 g/mol. The Bertz CT molecular complexity index is 1280. The Balaban J connectivity index is 1.63. The first-order valence-corrected chi connectivity index (χ1v) is 10.6. The first-order valence-electron chi connectivity index (χ1n) is 10.6. The number of carboxylic acid groups (broad SMARTS) is 1. The van der Waals surface area contributed by atoms with Crippen LogP contribution in [0.5, 0.6) is 11.5 Å². The maximum absolute atomic E-state index is 12.6. The van der Waals surface area contributed by atoms with E-state index < -0.39 is 35.8 Å². The summed E-state index contributed by atoms with van der Waals surface area (Å²) in [5.41, 5.74) is 1.40. The number of ether oxygens (including phenoxy) is 2. The molecule has 2 N–H and O–H groups in total. The number of rotatable bonds is 6. The van der Waals surface area contributed by atoms with Gasteiger partial charge in [0.05, 0.1) is 5.39 Å². The third kappa shape index (κ3) is 4.69. The number of carbonyl (C=O) groups excluding carboxylic acids is 1. The first-order chi connectivity index (χ1) is 15.6. The van der Waals surface area contributed by atoms with Crippen LogP contribution in [0.1, 0.15) is 43.0 Å². The van der Waals surface area contributed by atoms with Gasteiger partial charge in [0.25, 0.3) is 5.91 Å². The molecular formula is C25H25NO7. The van der Waals surface area contributed by atoms with Crippen LogP contribution in [0.15, 0.2) is 51.7 Å². The van der Waals surface area contributed by atoms with E-state index in [4.69, 9.17) is 13.9 Å². The first kappa shape index (κ1) is 22.4. The summed E-state index contributed by atoms with van der Waals surface area (Å²) in [6, 6.07) is 10.3. The van der Waals surface area contributed by atoms with Crippen molar-refractivity contribution < 1.29 is 28.6 Å². The monoisotopic (exact) mass is 451 g/mol. The molecule has 8 nitrogen and oxygen atoms in total. The fraction of sp³-hybridized carbons (Fsp3) is 0.320. The lowest BCUT2D eigenvalue weighted by atomic mass is 9.92. The van der Waals surface area contributed by atoms with E-state index >= 15 is 0 Å². The van der Waals surface area contributed by atoms with Gasteiger partial charge < -0.3 is 24.3 Å². The highest BCUT2D eigenvalue weighted by Gasteiger charge is 2.31. The molecule has 1 aliphatic heterocycles. The van der Waals surface area contributed by atoms with E-state index in [0.29, 0.717) is 40.0 Å². The van der Waals surface area contributed by atoms with E-state index in [0.717, 1.165) is 12.0 Å². The fourth-order valence-corrected chi connectivity index (χ4v) is 4.01. The van der Waals surface area contributed by atoms with E-state index in [-0.39, 0.29) is 0 Å². The summed E-state index contributed by atoms with van der Waals surface area (Å²) < 4.78 is 17.4. The van der Waals surface area contributed by atoms with Crippen molar-refractivity contribution in [1.82, 2.24) is 5.32 Å². The fourth-order valence-electron chi connectivity index (χ4n) is 4.01. The van der Waals surface area contributed by atoms with Crippen molar-refractivity contribution in [2.45, 2.75) is 45.3 Å². The number of hydrogen-bond donors (Lipinski definition) is 2. The number of carbonyl (C=O) groups is 2. The van der Waals surface area contributed by atoms with Crippen molar-refractivity contribution in [3.63, 3.8) is 0 Å². The smallest absolute Gasteiger partial charge is 0.336 e. The molecule has 0 saturated carbocycles. The van der Waals surface area contributed by atoms with Gasteiger partial charge in [-0.05, 0) is 44.7 Å². The highest BCUT2D eigenvalue weighted by Crippen LogP contribution is 2.42. The Labute approximate surface area is 190 Å². The summed E-state index contributed by atoms with van der Waals surface area (Å²) in [6.45, 7) is 5.28. The van der Waals surface area contributed by atoms with Gasteiger partial charge in [0.2, 0.25) is 0 Å². The second kappa shape index (κ2) is 8.61. The van der Waals surface area contributed by atoms with E-state index in [2.05, 4.69) is 5.32 Å². The molecule has 0 spiro atoms. The molecule has 1 atom stereocenters. The van der Waals surface area contributed by atoms with E-state index in [1.807, 2.05) is 13.8 Å². The van der Waals surface area contributed by atoms with Crippen LogP contribution in [0.3, 0.4) is 0 Å². The van der Waals surface area contributed by atoms with Crippen LogP contribution in [-0.2, 0) is 16.0 Å². The zero-order valence-corrected chi connectivity index (χ0v) is 18.6. The second-order valence-corrected chi connectivity index (χ2v) is 8.70. The van der Waals surface area contributed by atoms with Crippen LogP contribution in [0.4, 0.5) is 0 Å². The van der Waals surface area contributed by atoms with Gasteiger partial charge in [0.15, 0.2) is 12.6 Å². The van der Waals surface area contributed by atoms with E-state index in [1.165, 1.54) is 6.07 Å². The number of aryl methyl sites for hydroxylation is 2. The molecule has 0 radical (unpaired) electrons. The number of nitrogens with one attached hydrogen (secondary N) is 1. The summed E-state index contributed by atoms with van der Waals surface area (Å²) in [7, 11) is 0. The molecule has 1 amide bonds. The molecule has 33 heavy (non-hydrogen) atoms. The van der Waals surface area contributed by atoms with Crippen molar-refractivity contribution in [2.24, 2.45) is 0 Å². The molecule has 8 heteroatoms. The Kier molecular flexibility index (Phi) is 5.84. The van der Waals surface area contributed by atoms with Gasteiger partial charge in [-0.1, -0.05) is 30.3 Å². The SMILES string of the molecule is Cc1cc(=O)oc2c3c(cc(OCC(=O)N[C@H](C(=O)O)c4ccccc4)c12)OC(C)(C)CC3. The highest BCUT2D eigenvalue weighted by atomic mass is 16.5. The van der Waals surface area contributed by atoms with Gasteiger partial charge in [0, 0.05) is 17.7 Å². The zero-order chi connectivity index (χ0) is 23.8. The third-order valence-electron chi connectivity index (χ3n) is 5.65. The minimum atomic E-state index is -1.20. The van der Waals surface area contributed by atoms with Crippen molar-refractivity contribution >= 4 is 22.8 Å². The number of amides is 1. The Morgan fingerprint density at radius 1 is 1.21 bits per heavy atom. The molecule has 0 bridgehead atoms. The standard InChI is InChI=1S/C25H25NO7/c1-14-11-20(28)32-23-16-9-10-25(2,3)33-17(16)12-18(21(14)23)31-13-19(27)26-22(24(29)30)15-7-5-4-6-8-15/h4-8,11-12,22H,9-10,13H2,1-3H3,(H,26,27)(H,29,30)/t22-/m0/s1. The maximum atomic E-state index is 12.6. The average Bonchev–Trinajstić information content (AvgIpc) is 2.75. The third-order valence-corrected chi connectivity index (χ3v) is 5.65. The molecule has 1 aromatic heterocycles. The molecule has 4 rings (SSSR count). The average molecular weight is 451 g/mol. The van der Waals surface area contributed by atoms with Crippen LogP contribution in [-0.4, -0.2) is 29.2 Å². The molecule has 172 valence electrons. The Morgan fingerprint density at radius 3 is 2.64 bits per heavy atom. The largest absolute Gasteiger partial charge is 0.487 e. The van der Waals surface area contributed by atoms with Crippen LogP contribution >= 0.6 is 0 Å². The molecule has 2 heterocycles. The Morgan fingerprint density at radius 2 is 1.94 bits per heavy atom. The number of hydrogen-bond acceptors (Lipinski definition) is 6. The van der Waals surface area contributed by atoms with Gasteiger partial charge in [-0.3, -0.25) is 4.79 Å². The van der Waals surface area contributed by atoms with Crippen LogP contribution in [0.25, 0.3) is 11.0 Å². The summed E-state index contributed by atoms with van der Waals surface area (Å²) in [5, 5.41) is 12.6. The minimum Gasteiger partial charge on any atom is -0.487 e. The van der Waals surface area contributed by atoms with Crippen molar-refractivity contribution in [2.75, 3.05) is 6.61 Å². The van der Waals surface area contributed by atoms with Gasteiger partial charge in [0.1, 0.15) is 22.7 Å². The molecule has 1 aliphatic rings.